The van der Waals surface area contributed by atoms with Gasteiger partial charge in [0.25, 0.3) is 5.91 Å². The standard InChI is InChI=1S/C15H16ClN3O2/c16-11-14(20)17-7-8-18-15(21)12-3-5-13(6-4-12)19-9-1-2-10-19/h1-6,9-10H,7-8,11H2,(H,17,20)(H,18,21). The molecular weight excluding hydrogens is 290 g/mol. The lowest BCUT2D eigenvalue weighted by atomic mass is 10.2. The first kappa shape index (κ1) is 15.1. The maximum Gasteiger partial charge on any atom is 0.251 e. The number of nitrogens with zero attached hydrogens (tertiary/aromatic N) is 1. The van der Waals surface area contributed by atoms with Crippen LogP contribution in [0.3, 0.4) is 0 Å². The van der Waals surface area contributed by atoms with Gasteiger partial charge in [0.05, 0.1) is 0 Å². The van der Waals surface area contributed by atoms with E-state index < -0.39 is 0 Å². The highest BCUT2D eigenvalue weighted by Crippen LogP contribution is 2.09. The van der Waals surface area contributed by atoms with Crippen molar-refractivity contribution >= 4 is 23.4 Å². The minimum Gasteiger partial charge on any atom is -0.353 e. The smallest absolute Gasteiger partial charge is 0.251 e. The second kappa shape index (κ2) is 7.50. The van der Waals surface area contributed by atoms with Gasteiger partial charge in [-0.25, -0.2) is 0 Å². The maximum atomic E-state index is 11.9. The third-order valence-electron chi connectivity index (χ3n) is 2.89. The monoisotopic (exact) mass is 305 g/mol. The largest absolute Gasteiger partial charge is 0.353 e. The van der Waals surface area contributed by atoms with Crippen LogP contribution in [-0.4, -0.2) is 35.4 Å². The summed E-state index contributed by atoms with van der Waals surface area (Å²) in [6.07, 6.45) is 3.88. The van der Waals surface area contributed by atoms with Gasteiger partial charge >= 0.3 is 0 Å². The Morgan fingerprint density at radius 3 is 2.24 bits per heavy atom. The zero-order valence-corrected chi connectivity index (χ0v) is 12.1. The molecule has 0 saturated carbocycles. The topological polar surface area (TPSA) is 63.1 Å². The molecule has 0 radical (unpaired) electrons. The second-order valence-electron chi connectivity index (χ2n) is 4.38. The summed E-state index contributed by atoms with van der Waals surface area (Å²) in [5, 5.41) is 5.31. The number of amides is 2. The van der Waals surface area contributed by atoms with Gasteiger partial charge in [0.2, 0.25) is 5.91 Å². The molecule has 6 heteroatoms. The number of benzene rings is 1. The lowest BCUT2D eigenvalue weighted by Gasteiger charge is -2.07. The van der Waals surface area contributed by atoms with Crippen LogP contribution >= 0.6 is 11.6 Å². The van der Waals surface area contributed by atoms with Crippen LogP contribution in [0.5, 0.6) is 0 Å². The minimum atomic E-state index is -0.248. The molecule has 0 unspecified atom stereocenters. The number of carbonyl (C=O) groups is 2. The highest BCUT2D eigenvalue weighted by Gasteiger charge is 2.05. The summed E-state index contributed by atoms with van der Waals surface area (Å²) in [6.45, 7) is 0.722. The molecule has 0 saturated heterocycles. The van der Waals surface area contributed by atoms with Gasteiger partial charge in [0.1, 0.15) is 5.88 Å². The first-order valence-electron chi connectivity index (χ1n) is 6.55. The van der Waals surface area contributed by atoms with Gasteiger partial charge in [-0.2, -0.15) is 0 Å². The van der Waals surface area contributed by atoms with Crippen molar-refractivity contribution in [3.63, 3.8) is 0 Å². The number of nitrogens with one attached hydrogen (secondary N) is 2. The highest BCUT2D eigenvalue weighted by molar-refractivity contribution is 6.27. The molecule has 1 aromatic carbocycles. The fourth-order valence-electron chi connectivity index (χ4n) is 1.82. The first-order chi connectivity index (χ1) is 10.2. The van der Waals surface area contributed by atoms with Gasteiger partial charge in [-0.15, -0.1) is 11.6 Å². The highest BCUT2D eigenvalue weighted by atomic mass is 35.5. The van der Waals surface area contributed by atoms with Crippen LogP contribution in [0.2, 0.25) is 0 Å². The fourth-order valence-corrected chi connectivity index (χ4v) is 1.91. The molecule has 0 fully saturated rings. The van der Waals surface area contributed by atoms with Gasteiger partial charge in [-0.3, -0.25) is 9.59 Å². The predicted octanol–water partition coefficient (Wildman–Crippen LogP) is 1.56. The van der Waals surface area contributed by atoms with E-state index in [0.717, 1.165) is 5.69 Å². The summed E-state index contributed by atoms with van der Waals surface area (Å²) in [5.74, 6) is -0.495. The van der Waals surface area contributed by atoms with E-state index in [9.17, 15) is 9.59 Å². The number of hydrogen-bond acceptors (Lipinski definition) is 2. The molecule has 0 aliphatic heterocycles. The van der Waals surface area contributed by atoms with Crippen molar-refractivity contribution < 1.29 is 9.59 Å². The van der Waals surface area contributed by atoms with Crippen molar-refractivity contribution in [2.75, 3.05) is 19.0 Å². The van der Waals surface area contributed by atoms with Gasteiger partial charge in [-0.05, 0) is 36.4 Å². The summed E-state index contributed by atoms with van der Waals surface area (Å²) in [7, 11) is 0. The van der Waals surface area contributed by atoms with Crippen molar-refractivity contribution in [2.45, 2.75) is 0 Å². The van der Waals surface area contributed by atoms with Gasteiger partial charge in [-0.1, -0.05) is 0 Å². The summed E-state index contributed by atoms with van der Waals surface area (Å²) >= 11 is 5.35. The van der Waals surface area contributed by atoms with Crippen LogP contribution in [0.4, 0.5) is 0 Å². The van der Waals surface area contributed by atoms with Crippen LogP contribution in [0.25, 0.3) is 5.69 Å². The fraction of sp³-hybridized carbons (Fsp3) is 0.200. The van der Waals surface area contributed by atoms with Crippen molar-refractivity contribution in [1.29, 1.82) is 0 Å². The molecule has 0 spiro atoms. The molecule has 2 aromatic rings. The minimum absolute atomic E-state index is 0.0746. The van der Waals surface area contributed by atoms with E-state index in [1.807, 2.05) is 41.2 Å². The van der Waals surface area contributed by atoms with Gasteiger partial charge in [0, 0.05) is 36.7 Å². The van der Waals surface area contributed by atoms with Crippen molar-refractivity contribution in [3.8, 4) is 5.69 Å². The first-order valence-corrected chi connectivity index (χ1v) is 7.08. The van der Waals surface area contributed by atoms with E-state index in [0.29, 0.717) is 18.7 Å². The van der Waals surface area contributed by atoms with Crippen molar-refractivity contribution in [3.05, 3.63) is 54.4 Å². The molecule has 21 heavy (non-hydrogen) atoms. The molecule has 0 atom stereocenters. The SMILES string of the molecule is O=C(CCl)NCCNC(=O)c1ccc(-n2cccc2)cc1. The Kier molecular flexibility index (Phi) is 5.40. The molecule has 0 aliphatic carbocycles. The van der Waals surface area contributed by atoms with Crippen LogP contribution in [0.1, 0.15) is 10.4 Å². The summed E-state index contributed by atoms with van der Waals surface area (Å²) in [4.78, 5) is 22.8. The van der Waals surface area contributed by atoms with E-state index in [1.54, 1.807) is 12.1 Å². The van der Waals surface area contributed by atoms with Crippen LogP contribution < -0.4 is 10.6 Å². The number of alkyl halides is 1. The van der Waals surface area contributed by atoms with E-state index >= 15 is 0 Å². The zero-order valence-electron chi connectivity index (χ0n) is 11.4. The molecule has 0 bridgehead atoms. The Balaban J connectivity index is 1.84. The van der Waals surface area contributed by atoms with Crippen molar-refractivity contribution in [1.82, 2.24) is 15.2 Å². The zero-order chi connectivity index (χ0) is 15.1. The summed E-state index contributed by atoms with van der Waals surface area (Å²) < 4.78 is 1.96. The lowest BCUT2D eigenvalue weighted by Crippen LogP contribution is -2.35. The molecular formula is C15H16ClN3O2. The second-order valence-corrected chi connectivity index (χ2v) is 4.64. The molecule has 1 aromatic heterocycles. The molecule has 5 nitrogen and oxygen atoms in total. The Labute approximate surface area is 127 Å². The van der Waals surface area contributed by atoms with Gasteiger partial charge in [0.15, 0.2) is 0 Å². The number of hydrogen-bond donors (Lipinski definition) is 2. The number of rotatable bonds is 6. The van der Waals surface area contributed by atoms with Crippen LogP contribution in [0.15, 0.2) is 48.8 Å². The quantitative estimate of drug-likeness (QED) is 0.628. The Morgan fingerprint density at radius 1 is 1.00 bits per heavy atom. The Morgan fingerprint density at radius 2 is 1.62 bits per heavy atom. The summed E-state index contributed by atoms with van der Waals surface area (Å²) in [6, 6.07) is 11.2. The summed E-state index contributed by atoms with van der Waals surface area (Å²) in [5.41, 5.74) is 1.57. The van der Waals surface area contributed by atoms with E-state index in [2.05, 4.69) is 10.6 Å². The average Bonchev–Trinajstić information content (AvgIpc) is 3.05. The number of aromatic nitrogens is 1. The third kappa shape index (κ3) is 4.36. The molecule has 2 rings (SSSR count). The molecule has 2 amide bonds. The normalized spacial score (nSPS) is 10.1. The third-order valence-corrected chi connectivity index (χ3v) is 3.13. The van der Waals surface area contributed by atoms with E-state index in [1.165, 1.54) is 0 Å². The molecule has 1 heterocycles. The van der Waals surface area contributed by atoms with E-state index in [4.69, 9.17) is 11.6 Å². The van der Waals surface area contributed by atoms with Crippen LogP contribution in [-0.2, 0) is 4.79 Å². The Bertz CT molecular complexity index is 594. The number of carbonyl (C=O) groups excluding carboxylic acids is 2. The number of halogens is 1. The molecule has 0 aliphatic rings. The predicted molar refractivity (Wildman–Crippen MR) is 81.8 cm³/mol. The lowest BCUT2D eigenvalue weighted by molar-refractivity contribution is -0.118. The van der Waals surface area contributed by atoms with E-state index in [-0.39, 0.29) is 17.7 Å². The molecule has 2 N–H and O–H groups in total. The average molecular weight is 306 g/mol. The van der Waals surface area contributed by atoms with Crippen molar-refractivity contribution in [2.24, 2.45) is 0 Å². The maximum absolute atomic E-state index is 11.9. The van der Waals surface area contributed by atoms with Crippen LogP contribution in [0, 0.1) is 0 Å². The Hall–Kier alpha value is -2.27. The molecule has 110 valence electrons. The van der Waals surface area contributed by atoms with Gasteiger partial charge < -0.3 is 15.2 Å².